The second-order valence-corrected chi connectivity index (χ2v) is 7.71. The summed E-state index contributed by atoms with van der Waals surface area (Å²) in [6, 6.07) is 8.21. The third-order valence-corrected chi connectivity index (χ3v) is 5.63. The lowest BCUT2D eigenvalue weighted by Gasteiger charge is -2.42. The largest absolute Gasteiger partial charge is 0.444 e. The van der Waals surface area contributed by atoms with Gasteiger partial charge in [-0.3, -0.25) is 4.99 Å². The SMILES string of the molecule is CN=C(NCCc1coc(-c2ccc(C)cc2)n1)NCC1(CCOC)CCC1.I. The quantitative estimate of drug-likeness (QED) is 0.300. The fourth-order valence-electron chi connectivity index (χ4n) is 3.56. The van der Waals surface area contributed by atoms with Gasteiger partial charge in [0.05, 0.1) is 5.69 Å². The van der Waals surface area contributed by atoms with Crippen LogP contribution in [0.1, 0.15) is 36.9 Å². The first-order valence-electron chi connectivity index (χ1n) is 10.1. The van der Waals surface area contributed by atoms with E-state index in [1.165, 1.54) is 24.8 Å². The molecule has 29 heavy (non-hydrogen) atoms. The van der Waals surface area contributed by atoms with Gasteiger partial charge in [0.15, 0.2) is 5.96 Å². The van der Waals surface area contributed by atoms with Gasteiger partial charge in [0, 0.05) is 45.8 Å². The van der Waals surface area contributed by atoms with Crippen LogP contribution in [0.15, 0.2) is 39.9 Å². The average Bonchev–Trinajstić information content (AvgIpc) is 3.14. The average molecular weight is 512 g/mol. The predicted octanol–water partition coefficient (Wildman–Crippen LogP) is 4.18. The molecule has 1 aromatic heterocycles. The number of ether oxygens (including phenoxy) is 1. The lowest BCUT2D eigenvalue weighted by Crippen LogP contribution is -2.47. The number of methoxy groups -OCH3 is 1. The van der Waals surface area contributed by atoms with Crippen molar-refractivity contribution in [3.8, 4) is 11.5 Å². The first-order chi connectivity index (χ1) is 13.6. The highest BCUT2D eigenvalue weighted by atomic mass is 127. The molecule has 1 aromatic carbocycles. The predicted molar refractivity (Wildman–Crippen MR) is 128 cm³/mol. The number of oxazole rings is 1. The minimum atomic E-state index is 0. The first-order valence-corrected chi connectivity index (χ1v) is 10.1. The molecule has 2 N–H and O–H groups in total. The van der Waals surface area contributed by atoms with Crippen LogP contribution in [-0.4, -0.2) is 44.8 Å². The molecule has 3 rings (SSSR count). The summed E-state index contributed by atoms with van der Waals surface area (Å²) >= 11 is 0. The van der Waals surface area contributed by atoms with E-state index in [-0.39, 0.29) is 24.0 Å². The van der Waals surface area contributed by atoms with E-state index in [0.717, 1.165) is 49.8 Å². The lowest BCUT2D eigenvalue weighted by atomic mass is 9.67. The number of hydrogen-bond acceptors (Lipinski definition) is 4. The van der Waals surface area contributed by atoms with Gasteiger partial charge in [0.1, 0.15) is 6.26 Å². The van der Waals surface area contributed by atoms with E-state index in [4.69, 9.17) is 9.15 Å². The monoisotopic (exact) mass is 512 g/mol. The molecular weight excluding hydrogens is 479 g/mol. The maximum Gasteiger partial charge on any atom is 0.226 e. The Hall–Kier alpha value is -1.61. The molecule has 0 saturated heterocycles. The van der Waals surface area contributed by atoms with E-state index in [9.17, 15) is 0 Å². The number of halogens is 1. The van der Waals surface area contributed by atoms with Gasteiger partial charge in [0.25, 0.3) is 0 Å². The third-order valence-electron chi connectivity index (χ3n) is 5.63. The van der Waals surface area contributed by atoms with Gasteiger partial charge in [-0.15, -0.1) is 24.0 Å². The van der Waals surface area contributed by atoms with E-state index < -0.39 is 0 Å². The van der Waals surface area contributed by atoms with Crippen molar-refractivity contribution in [1.29, 1.82) is 0 Å². The van der Waals surface area contributed by atoms with E-state index >= 15 is 0 Å². The van der Waals surface area contributed by atoms with E-state index in [1.807, 2.05) is 19.2 Å². The second-order valence-electron chi connectivity index (χ2n) is 7.71. The van der Waals surface area contributed by atoms with Crippen LogP contribution in [0, 0.1) is 12.3 Å². The maximum atomic E-state index is 5.63. The van der Waals surface area contributed by atoms with Gasteiger partial charge >= 0.3 is 0 Å². The van der Waals surface area contributed by atoms with E-state index in [0.29, 0.717) is 11.3 Å². The van der Waals surface area contributed by atoms with Crippen molar-refractivity contribution in [2.75, 3.05) is 33.9 Å². The molecule has 160 valence electrons. The Morgan fingerprint density at radius 1 is 1.24 bits per heavy atom. The van der Waals surface area contributed by atoms with Crippen LogP contribution in [-0.2, 0) is 11.2 Å². The fraction of sp³-hybridized carbons (Fsp3) is 0.545. The molecule has 7 heteroatoms. The van der Waals surface area contributed by atoms with Crippen molar-refractivity contribution >= 4 is 29.9 Å². The topological polar surface area (TPSA) is 71.7 Å². The highest BCUT2D eigenvalue weighted by molar-refractivity contribution is 14.0. The van der Waals surface area contributed by atoms with Gasteiger partial charge in [-0.1, -0.05) is 24.1 Å². The Bertz CT molecular complexity index is 769. The zero-order valence-corrected chi connectivity index (χ0v) is 20.0. The summed E-state index contributed by atoms with van der Waals surface area (Å²) in [5.41, 5.74) is 3.53. The fourth-order valence-corrected chi connectivity index (χ4v) is 3.56. The van der Waals surface area contributed by atoms with Gasteiger partial charge in [-0.25, -0.2) is 4.98 Å². The summed E-state index contributed by atoms with van der Waals surface area (Å²) in [5, 5.41) is 6.86. The lowest BCUT2D eigenvalue weighted by molar-refractivity contribution is 0.0732. The summed E-state index contributed by atoms with van der Waals surface area (Å²) in [5.74, 6) is 1.51. The van der Waals surface area contributed by atoms with E-state index in [2.05, 4.69) is 39.7 Å². The molecule has 0 atom stereocenters. The third kappa shape index (κ3) is 6.70. The summed E-state index contributed by atoms with van der Waals surface area (Å²) in [4.78, 5) is 8.93. The molecule has 1 aliphatic carbocycles. The van der Waals surface area contributed by atoms with Crippen LogP contribution in [0.3, 0.4) is 0 Å². The summed E-state index contributed by atoms with van der Waals surface area (Å²) in [6.07, 6.45) is 7.47. The molecule has 1 fully saturated rings. The van der Waals surface area contributed by atoms with Gasteiger partial charge < -0.3 is 19.8 Å². The Morgan fingerprint density at radius 3 is 2.62 bits per heavy atom. The summed E-state index contributed by atoms with van der Waals surface area (Å²) < 4.78 is 10.9. The normalized spacial score (nSPS) is 15.3. The summed E-state index contributed by atoms with van der Waals surface area (Å²) in [6.45, 7) is 4.59. The van der Waals surface area contributed by atoms with Crippen molar-refractivity contribution in [3.63, 3.8) is 0 Å². The Kier molecular flexibility index (Phi) is 9.42. The molecule has 1 saturated carbocycles. The number of nitrogens with one attached hydrogen (secondary N) is 2. The number of rotatable bonds is 9. The molecule has 0 radical (unpaired) electrons. The molecule has 6 nitrogen and oxygen atoms in total. The standard InChI is InChI=1S/C22H32N4O2.HI/c1-17-5-7-18(8-6-17)20-26-19(15-28-20)9-13-24-21(23-2)25-16-22(10-4-11-22)12-14-27-3;/h5-8,15H,4,9-14,16H2,1-3H3,(H2,23,24,25);1H. The van der Waals surface area contributed by atoms with Crippen LogP contribution in [0.2, 0.25) is 0 Å². The Labute approximate surface area is 190 Å². The molecule has 0 aliphatic heterocycles. The van der Waals surface area contributed by atoms with E-state index in [1.54, 1.807) is 13.4 Å². The highest BCUT2D eigenvalue weighted by Gasteiger charge is 2.36. The molecule has 0 bridgehead atoms. The molecule has 1 heterocycles. The van der Waals surface area contributed by atoms with Crippen molar-refractivity contribution in [2.45, 2.75) is 39.0 Å². The van der Waals surface area contributed by atoms with Crippen molar-refractivity contribution in [1.82, 2.24) is 15.6 Å². The number of guanidine groups is 1. The maximum absolute atomic E-state index is 5.63. The zero-order valence-electron chi connectivity index (χ0n) is 17.7. The molecule has 0 spiro atoms. The van der Waals surface area contributed by atoms with Crippen LogP contribution in [0.25, 0.3) is 11.5 Å². The second kappa shape index (κ2) is 11.5. The Morgan fingerprint density at radius 2 is 2.00 bits per heavy atom. The Balaban J connectivity index is 0.00000300. The smallest absolute Gasteiger partial charge is 0.226 e. The minimum absolute atomic E-state index is 0. The van der Waals surface area contributed by atoms with Gasteiger partial charge in [0.2, 0.25) is 5.89 Å². The first kappa shape index (κ1) is 23.7. The number of hydrogen-bond donors (Lipinski definition) is 2. The van der Waals surface area contributed by atoms with Gasteiger partial charge in [-0.05, 0) is 43.7 Å². The highest BCUT2D eigenvalue weighted by Crippen LogP contribution is 2.43. The van der Waals surface area contributed by atoms with Gasteiger partial charge in [-0.2, -0.15) is 0 Å². The molecule has 0 amide bonds. The van der Waals surface area contributed by atoms with Crippen LogP contribution in [0.4, 0.5) is 0 Å². The molecule has 2 aromatic rings. The van der Waals surface area contributed by atoms with Crippen LogP contribution < -0.4 is 10.6 Å². The number of benzene rings is 1. The molecular formula is C22H33IN4O2. The number of aromatic nitrogens is 1. The van der Waals surface area contributed by atoms with Crippen molar-refractivity contribution < 1.29 is 9.15 Å². The zero-order chi connectivity index (χ0) is 19.8. The van der Waals surface area contributed by atoms with Crippen molar-refractivity contribution in [2.24, 2.45) is 10.4 Å². The number of aryl methyl sites for hydroxylation is 1. The minimum Gasteiger partial charge on any atom is -0.444 e. The summed E-state index contributed by atoms with van der Waals surface area (Å²) in [7, 11) is 3.58. The number of nitrogens with zero attached hydrogens (tertiary/aromatic N) is 2. The van der Waals surface area contributed by atoms with Crippen molar-refractivity contribution in [3.05, 3.63) is 41.8 Å². The number of aliphatic imine (C=N–C) groups is 1. The van der Waals surface area contributed by atoms with Crippen LogP contribution >= 0.6 is 24.0 Å². The van der Waals surface area contributed by atoms with Crippen LogP contribution in [0.5, 0.6) is 0 Å². The molecule has 0 unspecified atom stereocenters. The molecule has 1 aliphatic rings.